The number of non-ortho nitro benzene ring substituents is 1. The van der Waals surface area contributed by atoms with Crippen LogP contribution >= 0.6 is 0 Å². The number of rotatable bonds is 10. The number of nitrogens with one attached hydrogen (secondary N) is 1. The van der Waals surface area contributed by atoms with Crippen LogP contribution in [-0.2, 0) is 28.6 Å². The van der Waals surface area contributed by atoms with Gasteiger partial charge in [0.05, 0.1) is 25.6 Å². The summed E-state index contributed by atoms with van der Waals surface area (Å²) in [5.74, 6) is -2.96. The lowest BCUT2D eigenvalue weighted by Gasteiger charge is -2.27. The minimum Gasteiger partial charge on any atom is -0.469 e. The monoisotopic (exact) mass is 444 g/mol. The summed E-state index contributed by atoms with van der Waals surface area (Å²) in [5, 5.41) is 13.6. The van der Waals surface area contributed by atoms with E-state index < -0.39 is 40.8 Å². The molecule has 3 atom stereocenters. The number of ether oxygens (including phenoxy) is 3. The highest BCUT2D eigenvalue weighted by Crippen LogP contribution is 2.28. The van der Waals surface area contributed by atoms with E-state index in [0.717, 1.165) is 7.11 Å². The topological polar surface area (TPSA) is 134 Å². The van der Waals surface area contributed by atoms with Gasteiger partial charge in [0.15, 0.2) is 6.10 Å². The van der Waals surface area contributed by atoms with Crippen LogP contribution in [0.2, 0.25) is 0 Å². The minimum atomic E-state index is -1.28. The molecule has 2 rings (SSSR count). The van der Waals surface area contributed by atoms with Gasteiger partial charge in [0.2, 0.25) is 0 Å². The van der Waals surface area contributed by atoms with Crippen molar-refractivity contribution in [1.82, 2.24) is 5.32 Å². The van der Waals surface area contributed by atoms with Crippen LogP contribution in [0.3, 0.4) is 0 Å². The van der Waals surface area contributed by atoms with Gasteiger partial charge in [-0.3, -0.25) is 19.7 Å². The summed E-state index contributed by atoms with van der Waals surface area (Å²) in [5.41, 5.74) is 0.814. The van der Waals surface area contributed by atoms with Crippen LogP contribution < -0.4 is 5.32 Å². The van der Waals surface area contributed by atoms with Gasteiger partial charge in [0.1, 0.15) is 6.04 Å². The Hall–Kier alpha value is -3.79. The minimum absolute atomic E-state index is 0.159. The molecule has 10 nitrogen and oxygen atoms in total. The molecule has 1 N–H and O–H groups in total. The van der Waals surface area contributed by atoms with Crippen molar-refractivity contribution in [3.05, 3.63) is 75.8 Å². The van der Waals surface area contributed by atoms with E-state index in [1.807, 2.05) is 0 Å². The molecule has 0 bridgehead atoms. The van der Waals surface area contributed by atoms with Crippen molar-refractivity contribution in [3.8, 4) is 0 Å². The van der Waals surface area contributed by atoms with Gasteiger partial charge in [0, 0.05) is 25.2 Å². The maximum atomic E-state index is 13.0. The van der Waals surface area contributed by atoms with Crippen LogP contribution in [-0.4, -0.2) is 50.1 Å². The van der Waals surface area contributed by atoms with Gasteiger partial charge in [-0.1, -0.05) is 42.5 Å². The molecule has 0 aliphatic heterocycles. The summed E-state index contributed by atoms with van der Waals surface area (Å²) in [6.45, 7) is 0. The summed E-state index contributed by atoms with van der Waals surface area (Å²) in [6, 6.07) is 12.7. The summed E-state index contributed by atoms with van der Waals surface area (Å²) in [4.78, 5) is 48.1. The van der Waals surface area contributed by atoms with E-state index in [9.17, 15) is 24.5 Å². The van der Waals surface area contributed by atoms with Crippen LogP contribution in [0.5, 0.6) is 0 Å². The summed E-state index contributed by atoms with van der Waals surface area (Å²) in [7, 11) is 3.70. The second-order valence-electron chi connectivity index (χ2n) is 6.77. The van der Waals surface area contributed by atoms with Gasteiger partial charge in [-0.25, -0.2) is 4.79 Å². The van der Waals surface area contributed by atoms with Crippen molar-refractivity contribution in [3.63, 3.8) is 0 Å². The molecule has 0 aliphatic carbocycles. The van der Waals surface area contributed by atoms with Gasteiger partial charge in [-0.2, -0.15) is 0 Å². The zero-order valence-corrected chi connectivity index (χ0v) is 17.8. The molecule has 170 valence electrons. The number of hydrogen-bond donors (Lipinski definition) is 1. The third-order valence-electron chi connectivity index (χ3n) is 4.88. The summed E-state index contributed by atoms with van der Waals surface area (Å²) in [6.07, 6.45) is -1.30. The molecule has 0 fully saturated rings. The lowest BCUT2D eigenvalue weighted by atomic mass is 9.88. The molecule has 0 unspecified atom stereocenters. The highest BCUT2D eigenvalue weighted by atomic mass is 16.6. The molecule has 0 spiro atoms. The largest absolute Gasteiger partial charge is 0.469 e. The number of nitro benzene ring substituents is 1. The molecule has 2 aromatic carbocycles. The highest BCUT2D eigenvalue weighted by Gasteiger charge is 2.36. The van der Waals surface area contributed by atoms with E-state index in [4.69, 9.17) is 14.2 Å². The molecule has 0 aromatic heterocycles. The van der Waals surface area contributed by atoms with E-state index in [1.54, 1.807) is 30.3 Å². The van der Waals surface area contributed by atoms with Crippen molar-refractivity contribution in [2.24, 2.45) is 0 Å². The van der Waals surface area contributed by atoms with Crippen LogP contribution in [0.1, 0.15) is 29.6 Å². The standard InChI is InChI=1S/C22H24N2O8/c1-30-18(25)13-17(14-9-11-16(12-10-14)24(28)29)19(22(27)32-3)23-21(26)20(31-2)15-7-5-4-6-8-15/h4-12,17,19-20H,13H2,1-3H3,(H,23,26)/t17-,19-,20-/m0/s1. The maximum absolute atomic E-state index is 13.0. The molecule has 2 aromatic rings. The molecular formula is C22H24N2O8. The van der Waals surface area contributed by atoms with Crippen LogP contribution in [0.4, 0.5) is 5.69 Å². The van der Waals surface area contributed by atoms with Gasteiger partial charge in [-0.15, -0.1) is 0 Å². The van der Waals surface area contributed by atoms with Gasteiger partial charge in [0.25, 0.3) is 11.6 Å². The van der Waals surface area contributed by atoms with E-state index in [0.29, 0.717) is 11.1 Å². The normalized spacial score (nSPS) is 13.3. The summed E-state index contributed by atoms with van der Waals surface area (Å²) < 4.78 is 14.9. The molecule has 32 heavy (non-hydrogen) atoms. The van der Waals surface area contributed by atoms with Crippen molar-refractivity contribution >= 4 is 23.5 Å². The number of nitrogens with zero attached hydrogens (tertiary/aromatic N) is 1. The number of methoxy groups -OCH3 is 3. The van der Waals surface area contributed by atoms with Crippen LogP contribution in [0, 0.1) is 10.1 Å². The first-order valence-electron chi connectivity index (χ1n) is 9.59. The van der Waals surface area contributed by atoms with E-state index in [1.165, 1.54) is 38.5 Å². The fourth-order valence-corrected chi connectivity index (χ4v) is 3.24. The molecule has 0 radical (unpaired) electrons. The average molecular weight is 444 g/mol. The molecule has 0 saturated carbocycles. The number of esters is 2. The second-order valence-corrected chi connectivity index (χ2v) is 6.77. The Kier molecular flexibility index (Phi) is 8.84. The van der Waals surface area contributed by atoms with Gasteiger partial charge < -0.3 is 19.5 Å². The molecule has 1 amide bonds. The molecule has 0 saturated heterocycles. The number of nitro groups is 1. The van der Waals surface area contributed by atoms with Crippen LogP contribution in [0.15, 0.2) is 54.6 Å². The Morgan fingerprint density at radius 3 is 2.06 bits per heavy atom. The lowest BCUT2D eigenvalue weighted by molar-refractivity contribution is -0.384. The first kappa shape index (κ1) is 24.5. The van der Waals surface area contributed by atoms with E-state index >= 15 is 0 Å². The summed E-state index contributed by atoms with van der Waals surface area (Å²) >= 11 is 0. The lowest BCUT2D eigenvalue weighted by Crippen LogP contribution is -2.48. The third kappa shape index (κ3) is 6.11. The predicted octanol–water partition coefficient (Wildman–Crippen LogP) is 2.29. The fourth-order valence-electron chi connectivity index (χ4n) is 3.24. The van der Waals surface area contributed by atoms with E-state index in [-0.39, 0.29) is 12.1 Å². The Morgan fingerprint density at radius 2 is 1.56 bits per heavy atom. The number of carbonyl (C=O) groups excluding carboxylic acids is 3. The van der Waals surface area contributed by atoms with Crippen molar-refractivity contribution in [1.29, 1.82) is 0 Å². The average Bonchev–Trinajstić information content (AvgIpc) is 2.81. The van der Waals surface area contributed by atoms with E-state index in [2.05, 4.69) is 5.32 Å². The van der Waals surface area contributed by atoms with Crippen molar-refractivity contribution < 1.29 is 33.5 Å². The first-order chi connectivity index (χ1) is 15.3. The fraction of sp³-hybridized carbons (Fsp3) is 0.318. The highest BCUT2D eigenvalue weighted by molar-refractivity contribution is 5.89. The van der Waals surface area contributed by atoms with Crippen LogP contribution in [0.25, 0.3) is 0 Å². The van der Waals surface area contributed by atoms with Crippen molar-refractivity contribution in [2.45, 2.75) is 24.5 Å². The number of benzene rings is 2. The molecule has 0 aliphatic rings. The predicted molar refractivity (Wildman–Crippen MR) is 113 cm³/mol. The molecular weight excluding hydrogens is 420 g/mol. The quantitative estimate of drug-likeness (QED) is 0.335. The Bertz CT molecular complexity index is 946. The Balaban J connectivity index is 2.41. The first-order valence-corrected chi connectivity index (χ1v) is 9.59. The molecule has 0 heterocycles. The second kappa shape index (κ2) is 11.6. The number of hydrogen-bond acceptors (Lipinski definition) is 8. The Labute approximate surface area is 184 Å². The third-order valence-corrected chi connectivity index (χ3v) is 4.88. The smallest absolute Gasteiger partial charge is 0.329 e. The Morgan fingerprint density at radius 1 is 0.938 bits per heavy atom. The van der Waals surface area contributed by atoms with Gasteiger partial charge >= 0.3 is 11.9 Å². The zero-order valence-electron chi connectivity index (χ0n) is 17.8. The molecule has 10 heteroatoms. The zero-order chi connectivity index (χ0) is 23.7. The number of carbonyl (C=O) groups is 3. The van der Waals surface area contributed by atoms with Crippen molar-refractivity contribution in [2.75, 3.05) is 21.3 Å². The maximum Gasteiger partial charge on any atom is 0.329 e. The SMILES string of the molecule is COC(=O)C[C@@H](c1ccc([N+](=O)[O-])cc1)[C@H](NC(=O)[C@@H](OC)c1ccccc1)C(=O)OC. The number of amides is 1. The van der Waals surface area contributed by atoms with Gasteiger partial charge in [-0.05, 0) is 11.1 Å².